The van der Waals surface area contributed by atoms with Gasteiger partial charge in [-0.15, -0.1) is 5.10 Å². The van der Waals surface area contributed by atoms with Crippen LogP contribution in [0.2, 0.25) is 0 Å². The van der Waals surface area contributed by atoms with E-state index >= 15 is 0 Å². The number of piperazine rings is 1. The van der Waals surface area contributed by atoms with Gasteiger partial charge in [-0.1, -0.05) is 12.8 Å². The fraction of sp³-hybridized carbons (Fsp3) is 0.846. The van der Waals surface area contributed by atoms with Gasteiger partial charge in [0.1, 0.15) is 5.82 Å². The second-order valence-electron chi connectivity index (χ2n) is 5.88. The lowest BCUT2D eigenvalue weighted by Crippen LogP contribution is -2.54. The lowest BCUT2D eigenvalue weighted by atomic mass is 10.1. The van der Waals surface area contributed by atoms with E-state index in [1.54, 1.807) is 0 Å². The molecular weight excluding hydrogens is 226 g/mol. The van der Waals surface area contributed by atoms with Crippen LogP contribution in [0.4, 0.5) is 5.95 Å². The van der Waals surface area contributed by atoms with Crippen LogP contribution in [0.25, 0.3) is 0 Å². The van der Waals surface area contributed by atoms with Crippen LogP contribution in [-0.2, 0) is 0 Å². The molecule has 18 heavy (non-hydrogen) atoms. The van der Waals surface area contributed by atoms with Crippen molar-refractivity contribution in [2.24, 2.45) is 0 Å². The maximum absolute atomic E-state index is 4.72. The molecule has 0 bridgehead atoms. The number of H-pyrrole nitrogens is 1. The van der Waals surface area contributed by atoms with Gasteiger partial charge >= 0.3 is 0 Å². The first-order chi connectivity index (χ1) is 8.72. The fourth-order valence-corrected chi connectivity index (χ4v) is 3.28. The van der Waals surface area contributed by atoms with E-state index in [0.29, 0.717) is 18.0 Å². The summed E-state index contributed by atoms with van der Waals surface area (Å²) in [5, 5.41) is 11.1. The van der Waals surface area contributed by atoms with Gasteiger partial charge in [0.15, 0.2) is 0 Å². The second kappa shape index (κ2) is 4.88. The molecule has 0 radical (unpaired) electrons. The summed E-state index contributed by atoms with van der Waals surface area (Å²) in [5.74, 6) is 2.60. The van der Waals surface area contributed by atoms with Gasteiger partial charge in [0, 0.05) is 31.1 Å². The standard InChI is InChI=1S/C13H23N5/c1-9-7-18(8-10(2)14-9)13-15-12(16-17-13)11-5-3-4-6-11/h9-11,14H,3-8H2,1-2H3,(H,15,16,17). The van der Waals surface area contributed by atoms with Gasteiger partial charge in [-0.25, -0.2) is 0 Å². The summed E-state index contributed by atoms with van der Waals surface area (Å²) in [6.07, 6.45) is 5.21. The Hall–Kier alpha value is -1.10. The van der Waals surface area contributed by atoms with E-state index in [-0.39, 0.29) is 0 Å². The molecule has 0 aromatic carbocycles. The highest BCUT2D eigenvalue weighted by Gasteiger charge is 2.26. The predicted octanol–water partition coefficient (Wildman–Crippen LogP) is 1.65. The molecule has 2 fully saturated rings. The molecule has 1 aliphatic heterocycles. The van der Waals surface area contributed by atoms with Gasteiger partial charge in [0.25, 0.3) is 0 Å². The van der Waals surface area contributed by atoms with Gasteiger partial charge in [-0.3, -0.25) is 5.10 Å². The number of nitrogens with one attached hydrogen (secondary N) is 2. The molecule has 5 nitrogen and oxygen atoms in total. The topological polar surface area (TPSA) is 56.8 Å². The van der Waals surface area contributed by atoms with Crippen LogP contribution in [0.15, 0.2) is 0 Å². The summed E-state index contributed by atoms with van der Waals surface area (Å²) in [4.78, 5) is 7.01. The van der Waals surface area contributed by atoms with Gasteiger partial charge in [0.2, 0.25) is 5.95 Å². The number of aromatic amines is 1. The average Bonchev–Trinajstić information content (AvgIpc) is 2.99. The zero-order valence-electron chi connectivity index (χ0n) is 11.3. The third kappa shape index (κ3) is 2.36. The fourth-order valence-electron chi connectivity index (χ4n) is 3.28. The molecule has 2 heterocycles. The molecule has 2 aliphatic rings. The summed E-state index contributed by atoms with van der Waals surface area (Å²) in [6.45, 7) is 6.42. The van der Waals surface area contributed by atoms with Crippen molar-refractivity contribution in [1.29, 1.82) is 0 Å². The molecule has 2 unspecified atom stereocenters. The van der Waals surface area contributed by atoms with Gasteiger partial charge in [0.05, 0.1) is 0 Å². The summed E-state index contributed by atoms with van der Waals surface area (Å²) < 4.78 is 0. The van der Waals surface area contributed by atoms with E-state index in [2.05, 4.69) is 34.3 Å². The highest BCUT2D eigenvalue weighted by molar-refractivity contribution is 5.31. The Morgan fingerprint density at radius 2 is 1.78 bits per heavy atom. The molecule has 0 spiro atoms. The number of aromatic nitrogens is 3. The van der Waals surface area contributed by atoms with Crippen LogP contribution in [0.3, 0.4) is 0 Å². The van der Waals surface area contributed by atoms with Crippen molar-refractivity contribution in [3.63, 3.8) is 0 Å². The minimum atomic E-state index is 0.502. The summed E-state index contributed by atoms with van der Waals surface area (Å²) in [5.41, 5.74) is 0. The quantitative estimate of drug-likeness (QED) is 0.837. The van der Waals surface area contributed by atoms with Crippen LogP contribution in [0, 0.1) is 0 Å². The van der Waals surface area contributed by atoms with E-state index in [4.69, 9.17) is 4.98 Å². The zero-order valence-corrected chi connectivity index (χ0v) is 11.3. The van der Waals surface area contributed by atoms with E-state index < -0.39 is 0 Å². The smallest absolute Gasteiger partial charge is 0.244 e. The van der Waals surface area contributed by atoms with Crippen molar-refractivity contribution < 1.29 is 0 Å². The van der Waals surface area contributed by atoms with Crippen molar-refractivity contribution in [1.82, 2.24) is 20.5 Å². The zero-order chi connectivity index (χ0) is 12.5. The molecule has 1 aromatic heterocycles. The molecule has 0 amide bonds. The maximum Gasteiger partial charge on any atom is 0.244 e. The summed E-state index contributed by atoms with van der Waals surface area (Å²) in [6, 6.07) is 1.00. The minimum Gasteiger partial charge on any atom is -0.336 e. The second-order valence-corrected chi connectivity index (χ2v) is 5.88. The van der Waals surface area contributed by atoms with Crippen molar-refractivity contribution in [2.75, 3.05) is 18.0 Å². The van der Waals surface area contributed by atoms with Gasteiger partial charge in [-0.05, 0) is 26.7 Å². The van der Waals surface area contributed by atoms with Gasteiger partial charge < -0.3 is 10.2 Å². The average molecular weight is 249 g/mol. The van der Waals surface area contributed by atoms with Crippen LogP contribution < -0.4 is 10.2 Å². The SMILES string of the molecule is CC1CN(c2n[nH]c(C3CCCC3)n2)CC(C)N1. The Kier molecular flexibility index (Phi) is 3.24. The highest BCUT2D eigenvalue weighted by atomic mass is 15.4. The Morgan fingerprint density at radius 1 is 1.11 bits per heavy atom. The molecule has 3 rings (SSSR count). The number of nitrogens with zero attached hydrogens (tertiary/aromatic N) is 3. The third-order valence-corrected chi connectivity index (χ3v) is 4.07. The minimum absolute atomic E-state index is 0.502. The molecule has 1 aromatic rings. The summed E-state index contributed by atoms with van der Waals surface area (Å²) >= 11 is 0. The monoisotopic (exact) mass is 249 g/mol. The van der Waals surface area contributed by atoms with E-state index in [1.807, 2.05) is 0 Å². The third-order valence-electron chi connectivity index (χ3n) is 4.07. The molecular formula is C13H23N5. The Balaban J connectivity index is 1.72. The van der Waals surface area contributed by atoms with Crippen molar-refractivity contribution in [3.05, 3.63) is 5.82 Å². The first-order valence-corrected chi connectivity index (χ1v) is 7.15. The Morgan fingerprint density at radius 3 is 2.44 bits per heavy atom. The lowest BCUT2D eigenvalue weighted by Gasteiger charge is -2.35. The number of anilines is 1. The highest BCUT2D eigenvalue weighted by Crippen LogP contribution is 2.32. The Bertz CT molecular complexity index is 386. The number of hydrogen-bond acceptors (Lipinski definition) is 4. The molecule has 5 heteroatoms. The largest absolute Gasteiger partial charge is 0.336 e. The van der Waals surface area contributed by atoms with Gasteiger partial charge in [-0.2, -0.15) is 4.98 Å². The van der Waals surface area contributed by atoms with E-state index in [0.717, 1.165) is 24.9 Å². The van der Waals surface area contributed by atoms with Crippen molar-refractivity contribution in [2.45, 2.75) is 57.5 Å². The van der Waals surface area contributed by atoms with E-state index in [1.165, 1.54) is 25.7 Å². The van der Waals surface area contributed by atoms with Crippen LogP contribution in [0.5, 0.6) is 0 Å². The molecule has 1 saturated heterocycles. The normalized spacial score (nSPS) is 30.0. The van der Waals surface area contributed by atoms with Crippen molar-refractivity contribution in [3.8, 4) is 0 Å². The molecule has 1 aliphatic carbocycles. The predicted molar refractivity (Wildman–Crippen MR) is 71.9 cm³/mol. The maximum atomic E-state index is 4.72. The van der Waals surface area contributed by atoms with Crippen LogP contribution in [-0.4, -0.2) is 40.4 Å². The first-order valence-electron chi connectivity index (χ1n) is 7.15. The van der Waals surface area contributed by atoms with E-state index in [9.17, 15) is 0 Å². The first kappa shape index (κ1) is 12.0. The number of hydrogen-bond donors (Lipinski definition) is 2. The summed E-state index contributed by atoms with van der Waals surface area (Å²) in [7, 11) is 0. The lowest BCUT2D eigenvalue weighted by molar-refractivity contribution is 0.403. The number of rotatable bonds is 2. The molecule has 100 valence electrons. The van der Waals surface area contributed by atoms with Crippen molar-refractivity contribution >= 4 is 5.95 Å². The molecule has 2 N–H and O–H groups in total. The van der Waals surface area contributed by atoms with Crippen LogP contribution in [0.1, 0.15) is 51.3 Å². The molecule has 1 saturated carbocycles. The van der Waals surface area contributed by atoms with Crippen LogP contribution >= 0.6 is 0 Å². The molecule has 2 atom stereocenters. The Labute approximate surface area is 108 Å².